The Balaban J connectivity index is 3.05. The van der Waals surface area contributed by atoms with Crippen LogP contribution in [0.4, 0.5) is 0 Å². The summed E-state index contributed by atoms with van der Waals surface area (Å²) < 4.78 is 5.43. The number of rotatable bonds is 4. The van der Waals surface area contributed by atoms with E-state index >= 15 is 0 Å². The highest BCUT2D eigenvalue weighted by atomic mass is 16.5. The van der Waals surface area contributed by atoms with Gasteiger partial charge in [0, 0.05) is 6.54 Å². The molecule has 0 aliphatic heterocycles. The Labute approximate surface area is 89.6 Å². The van der Waals surface area contributed by atoms with Gasteiger partial charge in [-0.3, -0.25) is 15.7 Å². The first-order valence-electron chi connectivity index (χ1n) is 5.00. The van der Waals surface area contributed by atoms with Crippen LogP contribution in [0.5, 0.6) is 5.75 Å². The molecule has 4 nitrogen and oxygen atoms in total. The maximum atomic E-state index is 8.97. The SMILES string of the molecule is CCN=C(NO)c1ccccc1OCC. The van der Waals surface area contributed by atoms with Crippen LogP contribution >= 0.6 is 0 Å². The van der Waals surface area contributed by atoms with Gasteiger partial charge in [-0.05, 0) is 26.0 Å². The number of ether oxygens (including phenoxy) is 1. The highest BCUT2D eigenvalue weighted by Gasteiger charge is 2.08. The molecule has 0 saturated carbocycles. The number of nitrogens with zero attached hydrogens (tertiary/aromatic N) is 1. The van der Waals surface area contributed by atoms with E-state index in [2.05, 4.69) is 10.5 Å². The summed E-state index contributed by atoms with van der Waals surface area (Å²) in [7, 11) is 0. The molecule has 0 atom stereocenters. The summed E-state index contributed by atoms with van der Waals surface area (Å²) in [5.41, 5.74) is 2.86. The quantitative estimate of drug-likeness (QED) is 0.451. The Kier molecular flexibility index (Phi) is 4.63. The normalized spacial score (nSPS) is 11.3. The van der Waals surface area contributed by atoms with E-state index < -0.39 is 0 Å². The largest absolute Gasteiger partial charge is 0.493 e. The van der Waals surface area contributed by atoms with E-state index in [-0.39, 0.29) is 0 Å². The molecule has 15 heavy (non-hydrogen) atoms. The van der Waals surface area contributed by atoms with Crippen molar-refractivity contribution in [3.63, 3.8) is 0 Å². The number of nitrogens with one attached hydrogen (secondary N) is 1. The van der Waals surface area contributed by atoms with E-state index in [1.807, 2.05) is 38.1 Å². The predicted octanol–water partition coefficient (Wildman–Crippen LogP) is 1.83. The molecule has 0 saturated heterocycles. The van der Waals surface area contributed by atoms with Crippen LogP contribution in [0.3, 0.4) is 0 Å². The third-order valence-electron chi connectivity index (χ3n) is 1.86. The van der Waals surface area contributed by atoms with Gasteiger partial charge in [-0.1, -0.05) is 12.1 Å². The predicted molar refractivity (Wildman–Crippen MR) is 59.6 cm³/mol. The van der Waals surface area contributed by atoms with Crippen molar-refractivity contribution in [1.29, 1.82) is 0 Å². The molecule has 82 valence electrons. The van der Waals surface area contributed by atoms with Crippen LogP contribution in [0.1, 0.15) is 19.4 Å². The van der Waals surface area contributed by atoms with E-state index in [0.717, 1.165) is 5.56 Å². The fourth-order valence-corrected chi connectivity index (χ4v) is 1.28. The Morgan fingerprint density at radius 2 is 2.13 bits per heavy atom. The van der Waals surface area contributed by atoms with E-state index in [0.29, 0.717) is 24.7 Å². The summed E-state index contributed by atoms with van der Waals surface area (Å²) in [5.74, 6) is 1.15. The second-order valence-electron chi connectivity index (χ2n) is 2.86. The van der Waals surface area contributed by atoms with Crippen LogP contribution < -0.4 is 10.2 Å². The van der Waals surface area contributed by atoms with Crippen LogP contribution in [0.15, 0.2) is 29.3 Å². The van der Waals surface area contributed by atoms with Crippen molar-refractivity contribution in [2.75, 3.05) is 13.2 Å². The lowest BCUT2D eigenvalue weighted by Crippen LogP contribution is -2.21. The number of benzene rings is 1. The molecule has 1 rings (SSSR count). The smallest absolute Gasteiger partial charge is 0.155 e. The molecule has 2 N–H and O–H groups in total. The summed E-state index contributed by atoms with van der Waals surface area (Å²) in [4.78, 5) is 4.13. The van der Waals surface area contributed by atoms with Crippen molar-refractivity contribution in [1.82, 2.24) is 5.48 Å². The molecule has 0 spiro atoms. The number of para-hydroxylation sites is 1. The molecule has 0 amide bonds. The summed E-state index contributed by atoms with van der Waals surface area (Å²) in [5, 5.41) is 8.97. The molecule has 0 aliphatic carbocycles. The summed E-state index contributed by atoms with van der Waals surface area (Å²) in [6.45, 7) is 5.01. The van der Waals surface area contributed by atoms with Gasteiger partial charge in [-0.15, -0.1) is 0 Å². The monoisotopic (exact) mass is 208 g/mol. The fraction of sp³-hybridized carbons (Fsp3) is 0.364. The van der Waals surface area contributed by atoms with Crippen LogP contribution in [-0.4, -0.2) is 24.2 Å². The van der Waals surface area contributed by atoms with Crippen molar-refractivity contribution in [2.45, 2.75) is 13.8 Å². The first-order valence-corrected chi connectivity index (χ1v) is 5.00. The summed E-state index contributed by atoms with van der Waals surface area (Å²) in [6.07, 6.45) is 0. The number of hydroxylamine groups is 1. The minimum atomic E-state index is 0.432. The number of hydrogen-bond acceptors (Lipinski definition) is 3. The fourth-order valence-electron chi connectivity index (χ4n) is 1.28. The average Bonchev–Trinajstić information content (AvgIpc) is 2.27. The van der Waals surface area contributed by atoms with Gasteiger partial charge in [0.2, 0.25) is 0 Å². The second kappa shape index (κ2) is 6.03. The molecule has 0 bridgehead atoms. The molecule has 0 radical (unpaired) electrons. The lowest BCUT2D eigenvalue weighted by atomic mass is 10.2. The zero-order valence-electron chi connectivity index (χ0n) is 9.03. The molecule has 1 aromatic carbocycles. The minimum absolute atomic E-state index is 0.432. The Bertz CT molecular complexity index is 337. The number of aliphatic imine (C=N–C) groups is 1. The van der Waals surface area contributed by atoms with E-state index in [9.17, 15) is 0 Å². The summed E-state index contributed by atoms with van der Waals surface area (Å²) >= 11 is 0. The van der Waals surface area contributed by atoms with Gasteiger partial charge in [0.25, 0.3) is 0 Å². The maximum Gasteiger partial charge on any atom is 0.155 e. The zero-order valence-corrected chi connectivity index (χ0v) is 9.03. The number of amidine groups is 1. The molecule has 1 aromatic rings. The third-order valence-corrected chi connectivity index (χ3v) is 1.86. The molecular weight excluding hydrogens is 192 g/mol. The molecule has 0 heterocycles. The van der Waals surface area contributed by atoms with Gasteiger partial charge in [-0.25, -0.2) is 0 Å². The van der Waals surface area contributed by atoms with Crippen molar-refractivity contribution >= 4 is 5.84 Å². The van der Waals surface area contributed by atoms with Crippen molar-refractivity contribution in [3.05, 3.63) is 29.8 Å². The topological polar surface area (TPSA) is 53.9 Å². The van der Waals surface area contributed by atoms with Crippen molar-refractivity contribution in [2.24, 2.45) is 4.99 Å². The van der Waals surface area contributed by atoms with Crippen LogP contribution in [-0.2, 0) is 0 Å². The van der Waals surface area contributed by atoms with Gasteiger partial charge < -0.3 is 4.74 Å². The van der Waals surface area contributed by atoms with Crippen LogP contribution in [0.25, 0.3) is 0 Å². The average molecular weight is 208 g/mol. The van der Waals surface area contributed by atoms with Crippen LogP contribution in [0, 0.1) is 0 Å². The summed E-state index contributed by atoms with van der Waals surface area (Å²) in [6, 6.07) is 7.46. The second-order valence-corrected chi connectivity index (χ2v) is 2.86. The van der Waals surface area contributed by atoms with Gasteiger partial charge in [0.1, 0.15) is 5.75 Å². The molecule has 4 heteroatoms. The van der Waals surface area contributed by atoms with E-state index in [1.54, 1.807) is 0 Å². The molecule has 0 unspecified atom stereocenters. The molecule has 0 aromatic heterocycles. The van der Waals surface area contributed by atoms with Crippen LogP contribution in [0.2, 0.25) is 0 Å². The van der Waals surface area contributed by atoms with Gasteiger partial charge >= 0.3 is 0 Å². The van der Waals surface area contributed by atoms with E-state index in [1.165, 1.54) is 0 Å². The first kappa shape index (κ1) is 11.5. The van der Waals surface area contributed by atoms with Gasteiger partial charge in [0.15, 0.2) is 5.84 Å². The number of hydrogen-bond donors (Lipinski definition) is 2. The zero-order chi connectivity index (χ0) is 11.1. The van der Waals surface area contributed by atoms with E-state index in [4.69, 9.17) is 9.94 Å². The Morgan fingerprint density at radius 1 is 1.40 bits per heavy atom. The molecule has 0 aliphatic rings. The minimum Gasteiger partial charge on any atom is -0.493 e. The molecule has 0 fully saturated rings. The highest BCUT2D eigenvalue weighted by Crippen LogP contribution is 2.17. The first-order chi connectivity index (χ1) is 7.33. The van der Waals surface area contributed by atoms with Crippen molar-refractivity contribution < 1.29 is 9.94 Å². The lowest BCUT2D eigenvalue weighted by molar-refractivity contribution is 0.234. The highest BCUT2D eigenvalue weighted by molar-refractivity contribution is 6.00. The van der Waals surface area contributed by atoms with Gasteiger partial charge in [0.05, 0.1) is 12.2 Å². The Morgan fingerprint density at radius 3 is 2.73 bits per heavy atom. The Hall–Kier alpha value is -1.55. The maximum absolute atomic E-state index is 8.97. The van der Waals surface area contributed by atoms with Crippen molar-refractivity contribution in [3.8, 4) is 5.75 Å². The molecular formula is C11H16N2O2. The lowest BCUT2D eigenvalue weighted by Gasteiger charge is -2.10. The third kappa shape index (κ3) is 2.95. The van der Waals surface area contributed by atoms with Gasteiger partial charge in [-0.2, -0.15) is 0 Å². The standard InChI is InChI=1S/C11H16N2O2/c1-3-12-11(13-14)9-7-5-6-8-10(9)15-4-2/h5-8,14H,3-4H2,1-2H3,(H,12,13).